The molecule has 262 valence electrons. The minimum atomic E-state index is 0.147. The van der Waals surface area contributed by atoms with Gasteiger partial charge >= 0.3 is 331 Å². The summed E-state index contributed by atoms with van der Waals surface area (Å²) in [4.78, 5) is 3.94. The zero-order valence-electron chi connectivity index (χ0n) is 30.6. The summed E-state index contributed by atoms with van der Waals surface area (Å²) >= 11 is 0.147. The van der Waals surface area contributed by atoms with E-state index in [1.807, 2.05) is 36.4 Å². The molecule has 0 saturated heterocycles. The molecule has 0 aliphatic heterocycles. The quantitative estimate of drug-likeness (QED) is 0.0992. The average molecular weight is 786 g/mol. The third kappa shape index (κ3) is 5.01. The van der Waals surface area contributed by atoms with Crippen LogP contribution in [0.15, 0.2) is 182 Å². The van der Waals surface area contributed by atoms with Crippen molar-refractivity contribution < 1.29 is 0 Å². The van der Waals surface area contributed by atoms with E-state index in [1.54, 1.807) is 0 Å². The van der Waals surface area contributed by atoms with Gasteiger partial charge in [0, 0.05) is 0 Å². The van der Waals surface area contributed by atoms with E-state index in [4.69, 9.17) is 6.57 Å². The second-order valence-electron chi connectivity index (χ2n) is 14.5. The molecule has 0 saturated carbocycles. The zero-order valence-corrected chi connectivity index (χ0v) is 32.3. The molecular weight excluding hydrogens is 756 g/mol. The van der Waals surface area contributed by atoms with Gasteiger partial charge in [-0.15, -0.1) is 0 Å². The van der Waals surface area contributed by atoms with Crippen LogP contribution >= 0.6 is 0 Å². The summed E-state index contributed by atoms with van der Waals surface area (Å²) < 4.78 is 2.78. The Bertz CT molecular complexity index is 3440. The van der Waals surface area contributed by atoms with Crippen molar-refractivity contribution in [1.29, 1.82) is 5.26 Å². The van der Waals surface area contributed by atoms with Gasteiger partial charge in [0.1, 0.15) is 0 Å². The molecule has 0 aliphatic carbocycles. The fraction of sp³-hybridized carbons (Fsp3) is 0. The van der Waals surface area contributed by atoms with Crippen LogP contribution in [0.25, 0.3) is 112 Å². The first-order valence-corrected chi connectivity index (χ1v) is 20.7. The van der Waals surface area contributed by atoms with Crippen LogP contribution in [0.3, 0.4) is 0 Å². The fourth-order valence-electron chi connectivity index (χ4n) is 9.21. The Kier molecular flexibility index (Phi) is 7.67. The first-order valence-electron chi connectivity index (χ1n) is 19.0. The molecule has 0 fully saturated rings. The summed E-state index contributed by atoms with van der Waals surface area (Å²) in [6, 6.07) is 67.2. The second-order valence-corrected chi connectivity index (χ2v) is 16.7. The van der Waals surface area contributed by atoms with Gasteiger partial charge in [-0.1, -0.05) is 0 Å². The van der Waals surface area contributed by atoms with Crippen molar-refractivity contribution in [3.63, 3.8) is 0 Å². The van der Waals surface area contributed by atoms with Gasteiger partial charge < -0.3 is 6.57 Å². The Morgan fingerprint density at radius 1 is 0.404 bits per heavy atom. The van der Waals surface area contributed by atoms with Gasteiger partial charge in [0.15, 0.2) is 0 Å². The Balaban J connectivity index is 1.22. The third-order valence-corrected chi connectivity index (χ3v) is 13.9. The molecule has 0 amide bonds. The van der Waals surface area contributed by atoms with Crippen molar-refractivity contribution in [2.24, 2.45) is 0 Å². The molecule has 0 unspecified atom stereocenters. The molecule has 0 spiro atoms. The number of hydrogen-bond donors (Lipinski definition) is 0. The van der Waals surface area contributed by atoms with Gasteiger partial charge in [0.05, 0.1) is 0 Å². The summed E-state index contributed by atoms with van der Waals surface area (Å²) in [7, 11) is 0. The number of benzene rings is 10. The Labute approximate surface area is 335 Å². The standard InChI is InChI=1S/C54H30N2Se/c1-56-47-27-13-12-25-44(47)52-38-19-6-4-17-36(38)50(37-18-5-7-20-39(37)52)33-29-30-48-46(31-33)54-45(26-14-28-49(54)57-48)53-42-23-10-8-21-40(42)51(41-22-9-11-24-43(41)53)35-16-3-2-15-34(35)32-55/h2-31H. The van der Waals surface area contributed by atoms with Gasteiger partial charge in [0.25, 0.3) is 0 Å². The number of nitriles is 1. The van der Waals surface area contributed by atoms with Crippen LogP contribution in [0.1, 0.15) is 5.56 Å². The van der Waals surface area contributed by atoms with Crippen LogP contribution in [0.4, 0.5) is 5.69 Å². The number of rotatable bonds is 4. The molecule has 1 heterocycles. The predicted molar refractivity (Wildman–Crippen MR) is 241 cm³/mol. The molecule has 11 rings (SSSR count). The summed E-state index contributed by atoms with van der Waals surface area (Å²) in [5.74, 6) is 0. The van der Waals surface area contributed by atoms with E-state index < -0.39 is 0 Å². The molecule has 3 heteroatoms. The molecule has 2 nitrogen and oxygen atoms in total. The molecule has 10 aromatic carbocycles. The van der Waals surface area contributed by atoms with Crippen LogP contribution in [0.2, 0.25) is 0 Å². The molecule has 0 atom stereocenters. The van der Waals surface area contributed by atoms with E-state index in [0.717, 1.165) is 43.8 Å². The fourth-order valence-corrected chi connectivity index (χ4v) is 11.5. The van der Waals surface area contributed by atoms with Gasteiger partial charge in [-0.2, -0.15) is 0 Å². The van der Waals surface area contributed by atoms with Crippen LogP contribution in [-0.4, -0.2) is 14.5 Å². The maximum atomic E-state index is 10.2. The van der Waals surface area contributed by atoms with Gasteiger partial charge in [-0.05, 0) is 0 Å². The van der Waals surface area contributed by atoms with Crippen LogP contribution in [-0.2, 0) is 0 Å². The average Bonchev–Trinajstić information content (AvgIpc) is 3.66. The molecule has 0 N–H and O–H groups in total. The SMILES string of the molecule is [C-]#[N+]c1ccccc1-c1c2ccccc2c(-c2ccc3[se]c4cccc(-c5c6ccccc6c(-c6ccccc6C#N)c6ccccc56)c4c3c2)c2ccccc12. The van der Waals surface area contributed by atoms with Crippen LogP contribution in [0, 0.1) is 17.9 Å². The first-order chi connectivity index (χ1) is 28.2. The summed E-state index contributed by atoms with van der Waals surface area (Å²) in [5, 5.41) is 22.1. The van der Waals surface area contributed by atoms with Crippen LogP contribution < -0.4 is 0 Å². The molecule has 57 heavy (non-hydrogen) atoms. The van der Waals surface area contributed by atoms with Crippen molar-refractivity contribution in [3.05, 3.63) is 199 Å². The first kappa shape index (κ1) is 33.1. The minimum absolute atomic E-state index is 0.147. The number of para-hydroxylation sites is 1. The van der Waals surface area contributed by atoms with Gasteiger partial charge in [-0.25, -0.2) is 0 Å². The number of nitrogens with zero attached hydrogens (tertiary/aromatic N) is 2. The number of hydrogen-bond acceptors (Lipinski definition) is 1. The van der Waals surface area contributed by atoms with E-state index in [-0.39, 0.29) is 14.5 Å². The van der Waals surface area contributed by atoms with E-state index in [2.05, 4.69) is 157 Å². The monoisotopic (exact) mass is 786 g/mol. The summed E-state index contributed by atoms with van der Waals surface area (Å²) in [6.07, 6.45) is 0. The van der Waals surface area contributed by atoms with Crippen molar-refractivity contribution in [1.82, 2.24) is 0 Å². The van der Waals surface area contributed by atoms with Crippen molar-refractivity contribution in [2.75, 3.05) is 0 Å². The maximum absolute atomic E-state index is 10.2. The summed E-state index contributed by atoms with van der Waals surface area (Å²) in [5.41, 5.74) is 10.3. The van der Waals surface area contributed by atoms with Crippen molar-refractivity contribution >= 4 is 82.6 Å². The van der Waals surface area contributed by atoms with E-state index in [9.17, 15) is 5.26 Å². The molecule has 11 aromatic rings. The topological polar surface area (TPSA) is 28.1 Å². The normalized spacial score (nSPS) is 11.5. The third-order valence-electron chi connectivity index (χ3n) is 11.5. The molecule has 0 bridgehead atoms. The van der Waals surface area contributed by atoms with E-state index in [1.165, 1.54) is 63.1 Å². The molecular formula is C54H30N2Se. The van der Waals surface area contributed by atoms with Crippen molar-refractivity contribution in [3.8, 4) is 50.6 Å². The Morgan fingerprint density at radius 2 is 0.860 bits per heavy atom. The van der Waals surface area contributed by atoms with Crippen LogP contribution in [0.5, 0.6) is 0 Å². The van der Waals surface area contributed by atoms with Gasteiger partial charge in [-0.3, -0.25) is 0 Å². The van der Waals surface area contributed by atoms with Gasteiger partial charge in [0.2, 0.25) is 0 Å². The molecule has 1 aromatic heterocycles. The Morgan fingerprint density at radius 3 is 1.42 bits per heavy atom. The van der Waals surface area contributed by atoms with Crippen molar-refractivity contribution in [2.45, 2.75) is 0 Å². The zero-order chi connectivity index (χ0) is 38.0. The Hall–Kier alpha value is -7.26. The predicted octanol–water partition coefficient (Wildman–Crippen LogP) is 14.8. The van der Waals surface area contributed by atoms with E-state index in [0.29, 0.717) is 11.3 Å². The van der Waals surface area contributed by atoms with E-state index >= 15 is 0 Å². The number of fused-ring (bicyclic) bond motifs is 7. The molecule has 0 aliphatic rings. The molecule has 0 radical (unpaired) electrons. The second kappa shape index (κ2) is 13.2. The summed E-state index contributed by atoms with van der Waals surface area (Å²) in [6.45, 7) is 8.01.